The van der Waals surface area contributed by atoms with Gasteiger partial charge in [0, 0.05) is 0 Å². The summed E-state index contributed by atoms with van der Waals surface area (Å²) in [6.45, 7) is 0.0654. The molecule has 5 N–H and O–H groups in total. The van der Waals surface area contributed by atoms with Crippen molar-refractivity contribution in [1.82, 2.24) is 9.55 Å². The molecule has 0 saturated carbocycles. The molecule has 1 aromatic heterocycles. The fraction of sp³-hybridized carbons (Fsp3) is 0.389. The summed E-state index contributed by atoms with van der Waals surface area (Å²) in [7, 11) is 0. The van der Waals surface area contributed by atoms with E-state index < -0.39 is 24.1 Å². The van der Waals surface area contributed by atoms with Crippen LogP contribution >= 0.6 is 0 Å². The van der Waals surface area contributed by atoms with Crippen molar-refractivity contribution in [1.29, 1.82) is 0 Å². The zero-order chi connectivity index (χ0) is 19.4. The van der Waals surface area contributed by atoms with Crippen molar-refractivity contribution in [3.63, 3.8) is 0 Å². The van der Waals surface area contributed by atoms with Crippen LogP contribution in [0.3, 0.4) is 0 Å². The number of imidazole rings is 1. The van der Waals surface area contributed by atoms with Crippen molar-refractivity contribution in [2.75, 3.05) is 6.61 Å². The molecule has 0 bridgehead atoms. The second-order valence-electron chi connectivity index (χ2n) is 6.40. The minimum Gasteiger partial charge on any atom is -0.493 e. The second kappa shape index (κ2) is 8.19. The fourth-order valence-corrected chi connectivity index (χ4v) is 2.99. The van der Waals surface area contributed by atoms with Gasteiger partial charge < -0.3 is 26.0 Å². The molecule has 144 valence electrons. The van der Waals surface area contributed by atoms with E-state index in [4.69, 9.17) is 20.9 Å². The smallest absolute Gasteiger partial charge is 0.323 e. The Hall–Kier alpha value is -2.91. The lowest BCUT2D eigenvalue weighted by Crippen LogP contribution is -2.36. The highest BCUT2D eigenvalue weighted by molar-refractivity contribution is 5.93. The number of benzene rings is 1. The van der Waals surface area contributed by atoms with Crippen molar-refractivity contribution >= 4 is 11.9 Å². The van der Waals surface area contributed by atoms with Crippen LogP contribution in [-0.4, -0.2) is 45.3 Å². The van der Waals surface area contributed by atoms with Crippen LogP contribution in [0.2, 0.25) is 0 Å². The Morgan fingerprint density at radius 1 is 1.33 bits per heavy atom. The number of nitrogens with two attached hydrogens (primary N) is 2. The number of nitrogens with zero attached hydrogens (tertiary/aromatic N) is 2. The first-order valence-electron chi connectivity index (χ1n) is 8.63. The minimum atomic E-state index is -0.817. The van der Waals surface area contributed by atoms with Gasteiger partial charge in [0.2, 0.25) is 5.88 Å². The van der Waals surface area contributed by atoms with Crippen molar-refractivity contribution in [3.05, 3.63) is 47.9 Å². The van der Waals surface area contributed by atoms with E-state index in [1.54, 1.807) is 0 Å². The Kier molecular flexibility index (Phi) is 5.72. The highest BCUT2D eigenvalue weighted by Gasteiger charge is 2.31. The predicted molar refractivity (Wildman–Crippen MR) is 94.6 cm³/mol. The largest absolute Gasteiger partial charge is 0.493 e. The molecule has 0 spiro atoms. The summed E-state index contributed by atoms with van der Waals surface area (Å²) in [6.07, 6.45) is 2.04. The number of esters is 1. The number of aromatic nitrogens is 2. The third-order valence-corrected chi connectivity index (χ3v) is 4.41. The van der Waals surface area contributed by atoms with Gasteiger partial charge in [-0.15, -0.1) is 0 Å². The van der Waals surface area contributed by atoms with E-state index in [1.807, 2.05) is 30.3 Å². The van der Waals surface area contributed by atoms with E-state index in [0.29, 0.717) is 19.3 Å². The van der Waals surface area contributed by atoms with Crippen molar-refractivity contribution < 1.29 is 24.2 Å². The summed E-state index contributed by atoms with van der Waals surface area (Å²) in [6, 6.07) is 8.71. The number of hydrogen-bond acceptors (Lipinski definition) is 7. The number of rotatable bonds is 7. The second-order valence-corrected chi connectivity index (χ2v) is 6.40. The standard InChI is InChI=1S/C18H22N4O5/c19-13(8-11-4-2-1-3-5-11)18(25)26-9-12-6-7-14(27-12)22-10-21-15(16(20)23)17(22)24/h1-5,10,12-14,24H,6-9,19H2,(H2,20,23). The third kappa shape index (κ3) is 4.44. The number of amides is 1. The molecule has 1 aromatic carbocycles. The summed E-state index contributed by atoms with van der Waals surface area (Å²) in [4.78, 5) is 27.0. The van der Waals surface area contributed by atoms with Gasteiger partial charge >= 0.3 is 5.97 Å². The van der Waals surface area contributed by atoms with Gasteiger partial charge in [-0.05, 0) is 24.8 Å². The average Bonchev–Trinajstić information content (AvgIpc) is 3.26. The molecule has 1 aliphatic rings. The van der Waals surface area contributed by atoms with Gasteiger partial charge in [0.25, 0.3) is 5.91 Å². The molecule has 3 rings (SSSR count). The number of carbonyl (C=O) groups excluding carboxylic acids is 2. The number of carbonyl (C=O) groups is 2. The molecule has 1 aliphatic heterocycles. The molecule has 2 aromatic rings. The van der Waals surface area contributed by atoms with E-state index in [2.05, 4.69) is 4.98 Å². The predicted octanol–water partition coefficient (Wildman–Crippen LogP) is 0.478. The lowest BCUT2D eigenvalue weighted by Gasteiger charge is -2.17. The van der Waals surface area contributed by atoms with Crippen molar-refractivity contribution in [2.45, 2.75) is 37.6 Å². The SMILES string of the molecule is NC(=O)c1ncn(C2CCC(COC(=O)C(N)Cc3ccccc3)O2)c1O. The Morgan fingerprint density at radius 2 is 2.07 bits per heavy atom. The molecule has 1 fully saturated rings. The van der Waals surface area contributed by atoms with Gasteiger partial charge in [-0.1, -0.05) is 30.3 Å². The van der Waals surface area contributed by atoms with E-state index >= 15 is 0 Å². The molecule has 1 saturated heterocycles. The molecule has 27 heavy (non-hydrogen) atoms. The van der Waals surface area contributed by atoms with Crippen LogP contribution in [0.1, 0.15) is 35.1 Å². The van der Waals surface area contributed by atoms with Gasteiger partial charge in [-0.25, -0.2) is 4.98 Å². The highest BCUT2D eigenvalue weighted by Crippen LogP contribution is 2.32. The average molecular weight is 374 g/mol. The summed E-state index contributed by atoms with van der Waals surface area (Å²) in [5.41, 5.74) is 11.8. The van der Waals surface area contributed by atoms with E-state index in [-0.39, 0.29) is 24.3 Å². The molecule has 3 atom stereocenters. The summed E-state index contributed by atoms with van der Waals surface area (Å²) >= 11 is 0. The maximum atomic E-state index is 12.1. The summed E-state index contributed by atoms with van der Waals surface area (Å²) in [5, 5.41) is 9.99. The number of primary amides is 1. The quantitative estimate of drug-likeness (QED) is 0.598. The molecule has 0 radical (unpaired) electrons. The lowest BCUT2D eigenvalue weighted by molar-refractivity contribution is -0.150. The van der Waals surface area contributed by atoms with Crippen LogP contribution in [0, 0.1) is 0 Å². The Bertz CT molecular complexity index is 807. The van der Waals surface area contributed by atoms with E-state index in [1.165, 1.54) is 10.9 Å². The molecule has 3 unspecified atom stereocenters. The van der Waals surface area contributed by atoms with Crippen LogP contribution in [0.15, 0.2) is 36.7 Å². The molecule has 0 aliphatic carbocycles. The maximum absolute atomic E-state index is 12.1. The first kappa shape index (κ1) is 18.9. The lowest BCUT2D eigenvalue weighted by atomic mass is 10.1. The van der Waals surface area contributed by atoms with Crippen LogP contribution < -0.4 is 11.5 Å². The van der Waals surface area contributed by atoms with E-state index in [9.17, 15) is 14.7 Å². The van der Waals surface area contributed by atoms with E-state index in [0.717, 1.165) is 5.56 Å². The Labute approximate surface area is 155 Å². The molecule has 9 heteroatoms. The zero-order valence-electron chi connectivity index (χ0n) is 14.7. The van der Waals surface area contributed by atoms with Crippen LogP contribution in [0.4, 0.5) is 0 Å². The number of ether oxygens (including phenoxy) is 2. The Balaban J connectivity index is 1.48. The number of hydrogen-bond donors (Lipinski definition) is 3. The first-order valence-corrected chi connectivity index (χ1v) is 8.63. The molecule has 1 amide bonds. The van der Waals surface area contributed by atoms with Crippen molar-refractivity contribution in [3.8, 4) is 5.88 Å². The molecular formula is C18H22N4O5. The minimum absolute atomic E-state index is 0.0654. The summed E-state index contributed by atoms with van der Waals surface area (Å²) in [5.74, 6) is -1.65. The molecule has 2 heterocycles. The Morgan fingerprint density at radius 3 is 2.74 bits per heavy atom. The van der Waals surface area contributed by atoms with Gasteiger partial charge in [0.05, 0.1) is 6.10 Å². The zero-order valence-corrected chi connectivity index (χ0v) is 14.7. The maximum Gasteiger partial charge on any atom is 0.323 e. The normalized spacial score (nSPS) is 20.3. The topological polar surface area (TPSA) is 143 Å². The first-order chi connectivity index (χ1) is 13.0. The van der Waals surface area contributed by atoms with Crippen LogP contribution in [0.5, 0.6) is 5.88 Å². The highest BCUT2D eigenvalue weighted by atomic mass is 16.6. The monoisotopic (exact) mass is 374 g/mol. The van der Waals surface area contributed by atoms with Crippen LogP contribution in [0.25, 0.3) is 0 Å². The third-order valence-electron chi connectivity index (χ3n) is 4.41. The molecule has 9 nitrogen and oxygen atoms in total. The molecular weight excluding hydrogens is 352 g/mol. The number of aromatic hydroxyl groups is 1. The fourth-order valence-electron chi connectivity index (χ4n) is 2.99. The van der Waals surface area contributed by atoms with Crippen LogP contribution in [-0.2, 0) is 20.7 Å². The van der Waals surface area contributed by atoms with Gasteiger partial charge in [-0.2, -0.15) is 0 Å². The summed E-state index contributed by atoms with van der Waals surface area (Å²) < 4.78 is 12.4. The van der Waals surface area contributed by atoms with Crippen molar-refractivity contribution in [2.24, 2.45) is 11.5 Å². The van der Waals surface area contributed by atoms with Gasteiger partial charge in [0.15, 0.2) is 5.69 Å². The van der Waals surface area contributed by atoms with Gasteiger partial charge in [0.1, 0.15) is 25.2 Å². The van der Waals surface area contributed by atoms with Gasteiger partial charge in [-0.3, -0.25) is 14.2 Å².